The van der Waals surface area contributed by atoms with E-state index >= 15 is 0 Å². The molecule has 0 spiro atoms. The van der Waals surface area contributed by atoms with E-state index in [1.165, 1.54) is 19.3 Å². The minimum absolute atomic E-state index is 0.271. The van der Waals surface area contributed by atoms with Crippen molar-refractivity contribution in [3.8, 4) is 0 Å². The monoisotopic (exact) mass is 209 g/mol. The van der Waals surface area contributed by atoms with Gasteiger partial charge < -0.3 is 10.0 Å². The summed E-state index contributed by atoms with van der Waals surface area (Å²) in [6, 6.07) is 0. The Morgan fingerprint density at radius 1 is 1.20 bits per heavy atom. The van der Waals surface area contributed by atoms with E-state index in [1.54, 1.807) is 0 Å². The van der Waals surface area contributed by atoms with Crippen molar-refractivity contribution in [3.05, 3.63) is 0 Å². The van der Waals surface area contributed by atoms with Crippen LogP contribution in [0, 0.1) is 17.8 Å². The van der Waals surface area contributed by atoms with E-state index in [9.17, 15) is 9.90 Å². The number of hydrogen-bond acceptors (Lipinski definition) is 2. The highest BCUT2D eigenvalue weighted by Crippen LogP contribution is 2.49. The van der Waals surface area contributed by atoms with Gasteiger partial charge in [0.1, 0.15) is 0 Å². The quantitative estimate of drug-likeness (QED) is 0.700. The molecule has 0 aromatic rings. The SMILES string of the molecule is O=C(C1CC2CCC1C2)N1CCC(O)C1. The topological polar surface area (TPSA) is 40.5 Å². The molecule has 2 bridgehead atoms. The van der Waals surface area contributed by atoms with Gasteiger partial charge in [-0.2, -0.15) is 0 Å². The van der Waals surface area contributed by atoms with Crippen LogP contribution in [-0.4, -0.2) is 35.1 Å². The van der Waals surface area contributed by atoms with E-state index in [-0.39, 0.29) is 6.10 Å². The maximum Gasteiger partial charge on any atom is 0.226 e. The molecule has 0 aromatic heterocycles. The van der Waals surface area contributed by atoms with E-state index in [1.807, 2.05) is 4.90 Å². The van der Waals surface area contributed by atoms with Gasteiger partial charge in [-0.05, 0) is 37.5 Å². The molecule has 0 aromatic carbocycles. The smallest absolute Gasteiger partial charge is 0.226 e. The van der Waals surface area contributed by atoms with Crippen molar-refractivity contribution in [2.75, 3.05) is 13.1 Å². The molecule has 3 fully saturated rings. The first-order valence-corrected chi connectivity index (χ1v) is 6.21. The highest BCUT2D eigenvalue weighted by atomic mass is 16.3. The van der Waals surface area contributed by atoms with Gasteiger partial charge >= 0.3 is 0 Å². The van der Waals surface area contributed by atoms with Crippen LogP contribution in [0.3, 0.4) is 0 Å². The van der Waals surface area contributed by atoms with Crippen LogP contribution in [0.25, 0.3) is 0 Å². The second-order valence-corrected chi connectivity index (χ2v) is 5.51. The molecular weight excluding hydrogens is 190 g/mol. The first-order valence-electron chi connectivity index (χ1n) is 6.21. The zero-order valence-electron chi connectivity index (χ0n) is 9.06. The minimum Gasteiger partial charge on any atom is -0.391 e. The summed E-state index contributed by atoms with van der Waals surface area (Å²) in [5.74, 6) is 2.13. The fourth-order valence-electron chi connectivity index (χ4n) is 3.72. The van der Waals surface area contributed by atoms with Gasteiger partial charge in [-0.3, -0.25) is 4.79 Å². The number of rotatable bonds is 1. The lowest BCUT2D eigenvalue weighted by atomic mass is 9.88. The first kappa shape index (κ1) is 9.64. The number of aliphatic hydroxyl groups excluding tert-OH is 1. The molecule has 3 nitrogen and oxygen atoms in total. The molecule has 3 heteroatoms. The average molecular weight is 209 g/mol. The molecule has 1 N–H and O–H groups in total. The van der Waals surface area contributed by atoms with Gasteiger partial charge in [0.15, 0.2) is 0 Å². The van der Waals surface area contributed by atoms with Crippen LogP contribution >= 0.6 is 0 Å². The van der Waals surface area contributed by atoms with Gasteiger partial charge in [-0.15, -0.1) is 0 Å². The third-order valence-corrected chi connectivity index (χ3v) is 4.53. The lowest BCUT2D eigenvalue weighted by molar-refractivity contribution is -0.136. The van der Waals surface area contributed by atoms with Gasteiger partial charge in [0.25, 0.3) is 0 Å². The van der Waals surface area contributed by atoms with Crippen molar-refractivity contribution >= 4 is 5.91 Å². The molecule has 15 heavy (non-hydrogen) atoms. The maximum atomic E-state index is 12.2. The summed E-state index contributed by atoms with van der Waals surface area (Å²) in [4.78, 5) is 14.1. The molecule has 0 radical (unpaired) electrons. The highest BCUT2D eigenvalue weighted by Gasteiger charge is 2.45. The lowest BCUT2D eigenvalue weighted by Gasteiger charge is -2.26. The van der Waals surface area contributed by atoms with Crippen molar-refractivity contribution in [1.29, 1.82) is 0 Å². The van der Waals surface area contributed by atoms with Crippen LogP contribution in [0.15, 0.2) is 0 Å². The molecule has 3 rings (SSSR count). The Kier molecular flexibility index (Phi) is 2.23. The predicted molar refractivity (Wildman–Crippen MR) is 56.1 cm³/mol. The molecule has 1 heterocycles. The fraction of sp³-hybridized carbons (Fsp3) is 0.917. The van der Waals surface area contributed by atoms with Crippen LogP contribution in [-0.2, 0) is 4.79 Å². The molecule has 2 saturated carbocycles. The number of aliphatic hydroxyl groups is 1. The number of amides is 1. The molecule has 1 aliphatic heterocycles. The zero-order chi connectivity index (χ0) is 10.4. The van der Waals surface area contributed by atoms with Crippen molar-refractivity contribution in [1.82, 2.24) is 4.90 Å². The van der Waals surface area contributed by atoms with Crippen LogP contribution in [0.4, 0.5) is 0 Å². The Hall–Kier alpha value is -0.570. The van der Waals surface area contributed by atoms with Crippen molar-refractivity contribution in [2.45, 2.75) is 38.2 Å². The summed E-state index contributed by atoms with van der Waals surface area (Å²) in [7, 11) is 0. The number of carbonyl (C=O) groups excluding carboxylic acids is 1. The van der Waals surface area contributed by atoms with Crippen molar-refractivity contribution in [3.63, 3.8) is 0 Å². The third kappa shape index (κ3) is 1.57. The van der Waals surface area contributed by atoms with Crippen LogP contribution in [0.2, 0.25) is 0 Å². The minimum atomic E-state index is -0.271. The Morgan fingerprint density at radius 2 is 2.07 bits per heavy atom. The van der Waals surface area contributed by atoms with Crippen LogP contribution in [0.1, 0.15) is 32.1 Å². The first-order chi connectivity index (χ1) is 7.24. The van der Waals surface area contributed by atoms with Gasteiger partial charge in [-0.25, -0.2) is 0 Å². The summed E-state index contributed by atoms with van der Waals surface area (Å²) >= 11 is 0. The summed E-state index contributed by atoms with van der Waals surface area (Å²) < 4.78 is 0. The molecule has 2 aliphatic carbocycles. The number of fused-ring (bicyclic) bond motifs is 2. The highest BCUT2D eigenvalue weighted by molar-refractivity contribution is 5.80. The standard InChI is InChI=1S/C12H19NO2/c14-10-3-4-13(7-10)12(15)11-6-8-1-2-9(11)5-8/h8-11,14H,1-7H2. The lowest BCUT2D eigenvalue weighted by Crippen LogP contribution is -2.37. The molecule has 84 valence electrons. The molecule has 1 saturated heterocycles. The molecule has 4 atom stereocenters. The largest absolute Gasteiger partial charge is 0.391 e. The number of likely N-dealkylation sites (tertiary alicyclic amines) is 1. The van der Waals surface area contributed by atoms with Gasteiger partial charge in [0, 0.05) is 19.0 Å². The molecule has 1 amide bonds. The molecule has 4 unspecified atom stereocenters. The van der Waals surface area contributed by atoms with Gasteiger partial charge in [-0.1, -0.05) is 6.42 Å². The second kappa shape index (κ2) is 3.48. The number of β-amino-alcohol motifs (C(OH)–C–C–N with tert-alkyl or cyclic N) is 1. The zero-order valence-corrected chi connectivity index (χ0v) is 9.06. The van der Waals surface area contributed by atoms with Gasteiger partial charge in [0.05, 0.1) is 6.10 Å². The van der Waals surface area contributed by atoms with E-state index in [0.29, 0.717) is 24.3 Å². The summed E-state index contributed by atoms with van der Waals surface area (Å²) in [6.45, 7) is 1.35. The average Bonchev–Trinajstić information content (AvgIpc) is 2.90. The Morgan fingerprint density at radius 3 is 2.60 bits per heavy atom. The Labute approximate surface area is 90.5 Å². The normalized spacial score (nSPS) is 43.9. The number of carbonyl (C=O) groups is 1. The third-order valence-electron chi connectivity index (χ3n) is 4.53. The van der Waals surface area contributed by atoms with E-state index in [0.717, 1.165) is 25.3 Å². The van der Waals surface area contributed by atoms with E-state index in [2.05, 4.69) is 0 Å². The Bertz CT molecular complexity index is 279. The van der Waals surface area contributed by atoms with E-state index in [4.69, 9.17) is 0 Å². The Balaban J connectivity index is 1.65. The maximum absolute atomic E-state index is 12.2. The molecular formula is C12H19NO2. The van der Waals surface area contributed by atoms with E-state index < -0.39 is 0 Å². The predicted octanol–water partition coefficient (Wildman–Crippen LogP) is 1.02. The number of nitrogens with zero attached hydrogens (tertiary/aromatic N) is 1. The molecule has 3 aliphatic rings. The fourth-order valence-corrected chi connectivity index (χ4v) is 3.72. The summed E-state index contributed by atoms with van der Waals surface area (Å²) in [5, 5.41) is 9.43. The van der Waals surface area contributed by atoms with Crippen molar-refractivity contribution < 1.29 is 9.90 Å². The number of hydrogen-bond donors (Lipinski definition) is 1. The van der Waals surface area contributed by atoms with Crippen LogP contribution in [0.5, 0.6) is 0 Å². The van der Waals surface area contributed by atoms with Crippen molar-refractivity contribution in [2.24, 2.45) is 17.8 Å². The van der Waals surface area contributed by atoms with Crippen LogP contribution < -0.4 is 0 Å². The summed E-state index contributed by atoms with van der Waals surface area (Å²) in [6.07, 6.45) is 5.51. The summed E-state index contributed by atoms with van der Waals surface area (Å²) in [5.41, 5.74) is 0. The second-order valence-electron chi connectivity index (χ2n) is 5.51. The van der Waals surface area contributed by atoms with Gasteiger partial charge in [0.2, 0.25) is 5.91 Å².